The van der Waals surface area contributed by atoms with Crippen LogP contribution in [0.15, 0.2) is 78.4 Å². The van der Waals surface area contributed by atoms with Crippen LogP contribution in [0.25, 0.3) is 5.76 Å². The van der Waals surface area contributed by atoms with Crippen LogP contribution in [0.3, 0.4) is 0 Å². The fourth-order valence-corrected chi connectivity index (χ4v) is 4.06. The Kier molecular flexibility index (Phi) is 5.77. The molecule has 1 heterocycles. The zero-order chi connectivity index (χ0) is 21.1. The Bertz CT molecular complexity index is 1060. The molecule has 1 aliphatic rings. The number of para-hydroxylation sites is 1. The summed E-state index contributed by atoms with van der Waals surface area (Å²) in [6, 6.07) is 24.9. The van der Waals surface area contributed by atoms with Gasteiger partial charge in [0.25, 0.3) is 0 Å². The average Bonchev–Trinajstić information content (AvgIpc) is 2.78. The molecule has 3 aromatic rings. The summed E-state index contributed by atoms with van der Waals surface area (Å²) < 4.78 is 17.5. The van der Waals surface area contributed by atoms with E-state index in [2.05, 4.69) is 61.5 Å². The summed E-state index contributed by atoms with van der Waals surface area (Å²) >= 11 is 0. The maximum atomic E-state index is 6.51. The number of hydrogen-bond acceptors (Lipinski definition) is 4. The molecule has 30 heavy (non-hydrogen) atoms. The number of methoxy groups -OCH3 is 2. The number of rotatable bonds is 6. The van der Waals surface area contributed by atoms with E-state index >= 15 is 0 Å². The van der Waals surface area contributed by atoms with Gasteiger partial charge in [-0.25, -0.2) is 0 Å². The molecule has 0 unspecified atom stereocenters. The molecule has 0 bridgehead atoms. The van der Waals surface area contributed by atoms with Gasteiger partial charge in [0.05, 0.1) is 14.2 Å². The highest BCUT2D eigenvalue weighted by molar-refractivity contribution is 5.74. The van der Waals surface area contributed by atoms with Crippen molar-refractivity contribution in [2.75, 3.05) is 34.9 Å². The lowest BCUT2D eigenvalue weighted by atomic mass is 9.81. The van der Waals surface area contributed by atoms with Crippen LogP contribution in [-0.2, 0) is 0 Å². The van der Waals surface area contributed by atoms with E-state index in [0.29, 0.717) is 11.5 Å². The molecular weight excluding hydrogens is 374 g/mol. The van der Waals surface area contributed by atoms with Crippen molar-refractivity contribution in [2.45, 2.75) is 5.92 Å². The highest BCUT2D eigenvalue weighted by Crippen LogP contribution is 2.46. The van der Waals surface area contributed by atoms with E-state index in [1.54, 1.807) is 14.2 Å². The van der Waals surface area contributed by atoms with Crippen molar-refractivity contribution >= 4 is 5.76 Å². The van der Waals surface area contributed by atoms with Gasteiger partial charge in [-0.05, 0) is 49.5 Å². The summed E-state index contributed by atoms with van der Waals surface area (Å²) in [5.41, 5.74) is 4.63. The Hall–Kier alpha value is -3.24. The molecule has 0 aromatic heterocycles. The third-order valence-electron chi connectivity index (χ3n) is 5.35. The van der Waals surface area contributed by atoms with Crippen molar-refractivity contribution in [3.05, 3.63) is 95.1 Å². The molecule has 4 nitrogen and oxygen atoms in total. The predicted octanol–water partition coefficient (Wildman–Crippen LogP) is 5.20. The average molecular weight is 402 g/mol. The Morgan fingerprint density at radius 3 is 2.23 bits per heavy atom. The second-order valence-corrected chi connectivity index (χ2v) is 7.65. The van der Waals surface area contributed by atoms with Crippen molar-refractivity contribution in [1.29, 1.82) is 0 Å². The summed E-state index contributed by atoms with van der Waals surface area (Å²) in [7, 11) is 7.47. The van der Waals surface area contributed by atoms with E-state index in [4.69, 9.17) is 14.2 Å². The maximum absolute atomic E-state index is 6.51. The molecule has 0 amide bonds. The minimum Gasteiger partial charge on any atom is -0.493 e. The van der Waals surface area contributed by atoms with Gasteiger partial charge in [0, 0.05) is 23.6 Å². The van der Waals surface area contributed by atoms with E-state index in [9.17, 15) is 0 Å². The molecule has 0 fully saturated rings. The molecule has 4 rings (SSSR count). The van der Waals surface area contributed by atoms with E-state index in [0.717, 1.165) is 23.6 Å². The minimum atomic E-state index is 0.113. The van der Waals surface area contributed by atoms with Crippen molar-refractivity contribution in [3.63, 3.8) is 0 Å². The Balaban J connectivity index is 1.95. The van der Waals surface area contributed by atoms with Gasteiger partial charge < -0.3 is 19.1 Å². The van der Waals surface area contributed by atoms with Gasteiger partial charge in [-0.3, -0.25) is 0 Å². The van der Waals surface area contributed by atoms with Crippen molar-refractivity contribution in [1.82, 2.24) is 4.90 Å². The van der Waals surface area contributed by atoms with Crippen molar-refractivity contribution in [3.8, 4) is 17.2 Å². The molecular formula is C26H27NO3. The topological polar surface area (TPSA) is 30.9 Å². The SMILES string of the molecule is COc1ccc(C2=C(CN(C)C)[C@@H](c3ccccc3)c3ccccc3O2)cc1OC. The van der Waals surface area contributed by atoms with Crippen molar-refractivity contribution < 1.29 is 14.2 Å². The highest BCUT2D eigenvalue weighted by Gasteiger charge is 2.32. The first-order valence-corrected chi connectivity index (χ1v) is 10.0. The molecule has 1 atom stereocenters. The smallest absolute Gasteiger partial charge is 0.161 e. The first kappa shape index (κ1) is 20.0. The molecule has 1 aliphatic heterocycles. The second kappa shape index (κ2) is 8.64. The molecule has 0 spiro atoms. The van der Waals surface area contributed by atoms with Gasteiger partial charge in [0.2, 0.25) is 0 Å². The zero-order valence-electron chi connectivity index (χ0n) is 17.9. The third kappa shape index (κ3) is 3.79. The second-order valence-electron chi connectivity index (χ2n) is 7.65. The molecule has 154 valence electrons. The molecule has 0 aliphatic carbocycles. The van der Waals surface area contributed by atoms with Crippen LogP contribution < -0.4 is 14.2 Å². The van der Waals surface area contributed by atoms with Crippen LogP contribution in [0.2, 0.25) is 0 Å². The number of likely N-dealkylation sites (N-methyl/N-ethyl adjacent to an activating group) is 1. The third-order valence-corrected chi connectivity index (χ3v) is 5.35. The largest absolute Gasteiger partial charge is 0.493 e. The lowest BCUT2D eigenvalue weighted by Crippen LogP contribution is -2.25. The van der Waals surface area contributed by atoms with Gasteiger partial charge >= 0.3 is 0 Å². The lowest BCUT2D eigenvalue weighted by Gasteiger charge is -2.33. The number of hydrogen-bond donors (Lipinski definition) is 0. The number of fused-ring (bicyclic) bond motifs is 1. The Morgan fingerprint density at radius 2 is 1.53 bits per heavy atom. The first-order valence-electron chi connectivity index (χ1n) is 10.0. The van der Waals surface area contributed by atoms with Gasteiger partial charge in [-0.1, -0.05) is 48.5 Å². The Morgan fingerprint density at radius 1 is 0.833 bits per heavy atom. The van der Waals surface area contributed by atoms with E-state index in [-0.39, 0.29) is 5.92 Å². The van der Waals surface area contributed by atoms with E-state index in [1.807, 2.05) is 30.3 Å². The van der Waals surface area contributed by atoms with Crippen LogP contribution in [0.4, 0.5) is 0 Å². The fourth-order valence-electron chi connectivity index (χ4n) is 4.06. The fraction of sp³-hybridized carbons (Fsp3) is 0.231. The number of nitrogens with zero attached hydrogens (tertiary/aromatic N) is 1. The molecule has 0 saturated heterocycles. The molecule has 0 saturated carbocycles. The summed E-state index contributed by atoms with van der Waals surface area (Å²) in [4.78, 5) is 2.18. The van der Waals surface area contributed by atoms with Crippen LogP contribution in [0, 0.1) is 0 Å². The minimum absolute atomic E-state index is 0.113. The standard InChI is InChI=1S/C26H27NO3/c1-27(2)17-21-25(18-10-6-5-7-11-18)20-12-8-9-13-22(20)30-26(21)19-14-15-23(28-3)24(16-19)29-4/h5-16,25H,17H2,1-4H3/t25-/m0/s1. The van der Waals surface area contributed by atoms with Crippen LogP contribution in [0.5, 0.6) is 17.2 Å². The summed E-state index contributed by atoms with van der Waals surface area (Å²) in [5.74, 6) is 3.26. The monoisotopic (exact) mass is 401 g/mol. The van der Waals surface area contributed by atoms with Crippen LogP contribution in [-0.4, -0.2) is 39.8 Å². The van der Waals surface area contributed by atoms with Gasteiger partial charge in [0.15, 0.2) is 11.5 Å². The molecule has 0 radical (unpaired) electrons. The quantitative estimate of drug-likeness (QED) is 0.568. The first-order chi connectivity index (χ1) is 14.6. The normalized spacial score (nSPS) is 15.6. The molecule has 0 N–H and O–H groups in total. The van der Waals surface area contributed by atoms with Gasteiger partial charge in [-0.15, -0.1) is 0 Å². The molecule has 4 heteroatoms. The maximum Gasteiger partial charge on any atom is 0.161 e. The summed E-state index contributed by atoms with van der Waals surface area (Å²) in [6.07, 6.45) is 0. The zero-order valence-corrected chi connectivity index (χ0v) is 17.9. The highest BCUT2D eigenvalue weighted by atomic mass is 16.5. The number of benzene rings is 3. The van der Waals surface area contributed by atoms with Gasteiger partial charge in [-0.2, -0.15) is 0 Å². The van der Waals surface area contributed by atoms with E-state index in [1.165, 1.54) is 16.7 Å². The predicted molar refractivity (Wildman–Crippen MR) is 120 cm³/mol. The van der Waals surface area contributed by atoms with Gasteiger partial charge in [0.1, 0.15) is 11.5 Å². The summed E-state index contributed by atoms with van der Waals surface area (Å²) in [6.45, 7) is 0.775. The van der Waals surface area contributed by atoms with Crippen LogP contribution in [0.1, 0.15) is 22.6 Å². The number of ether oxygens (including phenoxy) is 3. The van der Waals surface area contributed by atoms with Crippen LogP contribution >= 0.6 is 0 Å². The van der Waals surface area contributed by atoms with E-state index < -0.39 is 0 Å². The summed E-state index contributed by atoms with van der Waals surface area (Å²) in [5, 5.41) is 0. The molecule has 3 aromatic carbocycles. The Labute approximate surface area is 178 Å². The van der Waals surface area contributed by atoms with Crippen molar-refractivity contribution in [2.24, 2.45) is 0 Å². The lowest BCUT2D eigenvalue weighted by molar-refractivity contribution is 0.354.